The van der Waals surface area contributed by atoms with Crippen LogP contribution in [0.2, 0.25) is 5.02 Å². The molecule has 0 N–H and O–H groups in total. The number of anilines is 1. The molecule has 31 heavy (non-hydrogen) atoms. The second-order valence-electron chi connectivity index (χ2n) is 7.63. The first kappa shape index (κ1) is 21.1. The molecule has 0 saturated carbocycles. The van der Waals surface area contributed by atoms with Crippen molar-refractivity contribution in [2.45, 2.75) is 13.8 Å². The second kappa shape index (κ2) is 8.94. The van der Waals surface area contributed by atoms with Crippen molar-refractivity contribution in [2.24, 2.45) is 0 Å². The third kappa shape index (κ3) is 4.49. The summed E-state index contributed by atoms with van der Waals surface area (Å²) in [6, 6.07) is 13.5. The van der Waals surface area contributed by atoms with Gasteiger partial charge in [-0.25, -0.2) is 9.97 Å². The average Bonchev–Trinajstić information content (AvgIpc) is 2.80. The van der Waals surface area contributed by atoms with Gasteiger partial charge in [-0.3, -0.25) is 4.79 Å². The number of carbonyl (C=O) groups excluding carboxylic acids is 1. The van der Waals surface area contributed by atoms with Gasteiger partial charge in [-0.05, 0) is 55.8 Å². The topological polar surface area (TPSA) is 58.6 Å². The molecule has 0 atom stereocenters. The van der Waals surface area contributed by atoms with Crippen LogP contribution in [0.5, 0.6) is 5.75 Å². The number of hydrogen-bond acceptors (Lipinski definition) is 5. The first-order valence-electron chi connectivity index (χ1n) is 10.2. The summed E-state index contributed by atoms with van der Waals surface area (Å²) in [4.78, 5) is 26.3. The summed E-state index contributed by atoms with van der Waals surface area (Å²) in [5, 5.41) is 0.726. The predicted octanol–water partition coefficient (Wildman–Crippen LogP) is 4.38. The van der Waals surface area contributed by atoms with Crippen molar-refractivity contribution in [3.8, 4) is 17.1 Å². The standard InChI is InChI=1S/C24H25ClN4O2/c1-16-4-7-19(25)14-22(16)28-10-12-29(13-11-28)24(30)21-15-26-23(27-17(21)2)18-5-8-20(31-3)9-6-18/h4-9,14-15H,10-13H2,1-3H3. The molecule has 0 spiro atoms. The minimum atomic E-state index is -0.0266. The fraction of sp³-hybridized carbons (Fsp3) is 0.292. The Bertz CT molecular complexity index is 1090. The number of hydrogen-bond donors (Lipinski definition) is 0. The summed E-state index contributed by atoms with van der Waals surface area (Å²) in [6.45, 7) is 6.74. The molecule has 2 heterocycles. The van der Waals surface area contributed by atoms with E-state index in [0.717, 1.165) is 35.1 Å². The Morgan fingerprint density at radius 2 is 1.74 bits per heavy atom. The Morgan fingerprint density at radius 3 is 2.39 bits per heavy atom. The van der Waals surface area contributed by atoms with Crippen molar-refractivity contribution in [1.29, 1.82) is 0 Å². The van der Waals surface area contributed by atoms with Crippen molar-refractivity contribution in [3.05, 3.63) is 70.5 Å². The number of rotatable bonds is 4. The molecule has 160 valence electrons. The summed E-state index contributed by atoms with van der Waals surface area (Å²) < 4.78 is 5.19. The number of halogens is 1. The van der Waals surface area contributed by atoms with Gasteiger partial charge in [0, 0.05) is 48.6 Å². The zero-order valence-electron chi connectivity index (χ0n) is 17.9. The highest BCUT2D eigenvalue weighted by atomic mass is 35.5. The zero-order chi connectivity index (χ0) is 22.0. The van der Waals surface area contributed by atoms with Crippen LogP contribution in [0.4, 0.5) is 5.69 Å². The van der Waals surface area contributed by atoms with Gasteiger partial charge in [-0.2, -0.15) is 0 Å². The van der Waals surface area contributed by atoms with E-state index in [9.17, 15) is 4.79 Å². The summed E-state index contributed by atoms with van der Waals surface area (Å²) in [6.07, 6.45) is 1.64. The van der Waals surface area contributed by atoms with E-state index >= 15 is 0 Å². The van der Waals surface area contributed by atoms with Crippen molar-refractivity contribution in [3.63, 3.8) is 0 Å². The Hall–Kier alpha value is -3.12. The van der Waals surface area contributed by atoms with Crippen LogP contribution in [-0.2, 0) is 0 Å². The van der Waals surface area contributed by atoms with E-state index in [4.69, 9.17) is 16.3 Å². The summed E-state index contributed by atoms with van der Waals surface area (Å²) in [5.74, 6) is 1.35. The molecule has 7 heteroatoms. The number of methoxy groups -OCH3 is 1. The molecule has 2 aromatic carbocycles. The van der Waals surface area contributed by atoms with E-state index in [1.807, 2.05) is 54.3 Å². The number of piperazine rings is 1. The number of nitrogens with zero attached hydrogens (tertiary/aromatic N) is 4. The SMILES string of the molecule is COc1ccc(-c2ncc(C(=O)N3CCN(c4cc(Cl)ccc4C)CC3)c(C)n2)cc1. The van der Waals surface area contributed by atoms with Crippen LogP contribution in [0.1, 0.15) is 21.6 Å². The maximum Gasteiger partial charge on any atom is 0.257 e. The Labute approximate surface area is 187 Å². The highest BCUT2D eigenvalue weighted by Gasteiger charge is 2.25. The number of aromatic nitrogens is 2. The monoisotopic (exact) mass is 436 g/mol. The van der Waals surface area contributed by atoms with Crippen LogP contribution in [0.15, 0.2) is 48.7 Å². The fourth-order valence-electron chi connectivity index (χ4n) is 3.80. The van der Waals surface area contributed by atoms with Crippen molar-refractivity contribution >= 4 is 23.2 Å². The fourth-order valence-corrected chi connectivity index (χ4v) is 3.97. The summed E-state index contributed by atoms with van der Waals surface area (Å²) in [7, 11) is 1.63. The first-order valence-corrected chi connectivity index (χ1v) is 10.6. The van der Waals surface area contributed by atoms with Crippen LogP contribution in [-0.4, -0.2) is 54.1 Å². The van der Waals surface area contributed by atoms with E-state index in [0.29, 0.717) is 30.2 Å². The maximum absolute atomic E-state index is 13.1. The summed E-state index contributed by atoms with van der Waals surface area (Å²) >= 11 is 6.17. The van der Waals surface area contributed by atoms with Crippen molar-refractivity contribution in [1.82, 2.24) is 14.9 Å². The van der Waals surface area contributed by atoms with Gasteiger partial charge >= 0.3 is 0 Å². The molecule has 6 nitrogen and oxygen atoms in total. The Balaban J connectivity index is 1.45. The second-order valence-corrected chi connectivity index (χ2v) is 8.07. The lowest BCUT2D eigenvalue weighted by Crippen LogP contribution is -2.49. The number of amides is 1. The number of aryl methyl sites for hydroxylation is 2. The van der Waals surface area contributed by atoms with E-state index < -0.39 is 0 Å². The van der Waals surface area contributed by atoms with Gasteiger partial charge in [0.15, 0.2) is 5.82 Å². The maximum atomic E-state index is 13.1. The quantitative estimate of drug-likeness (QED) is 0.607. The van der Waals surface area contributed by atoms with Gasteiger partial charge in [0.25, 0.3) is 5.91 Å². The van der Waals surface area contributed by atoms with E-state index in [-0.39, 0.29) is 5.91 Å². The van der Waals surface area contributed by atoms with Gasteiger partial charge < -0.3 is 14.5 Å². The predicted molar refractivity (Wildman–Crippen MR) is 123 cm³/mol. The molecule has 1 aliphatic rings. The van der Waals surface area contributed by atoms with E-state index in [2.05, 4.69) is 21.8 Å². The molecule has 1 fully saturated rings. The zero-order valence-corrected chi connectivity index (χ0v) is 18.7. The molecule has 1 aromatic heterocycles. The molecule has 0 radical (unpaired) electrons. The molecule has 3 aromatic rings. The minimum absolute atomic E-state index is 0.0266. The van der Waals surface area contributed by atoms with Crippen molar-refractivity contribution in [2.75, 3.05) is 38.2 Å². The molecule has 4 rings (SSSR count). The van der Waals surface area contributed by atoms with Gasteiger partial charge in [-0.1, -0.05) is 17.7 Å². The molecule has 1 amide bonds. The third-order valence-corrected chi connectivity index (χ3v) is 5.87. The van der Waals surface area contributed by atoms with E-state index in [1.54, 1.807) is 13.3 Å². The van der Waals surface area contributed by atoms with Crippen molar-refractivity contribution < 1.29 is 9.53 Å². The molecule has 0 bridgehead atoms. The Kier molecular flexibility index (Phi) is 6.09. The number of carbonyl (C=O) groups is 1. The third-order valence-electron chi connectivity index (χ3n) is 5.64. The molecule has 0 unspecified atom stereocenters. The lowest BCUT2D eigenvalue weighted by atomic mass is 10.1. The molecular weight excluding hydrogens is 412 g/mol. The highest BCUT2D eigenvalue weighted by Crippen LogP contribution is 2.26. The van der Waals surface area contributed by atoms with E-state index in [1.165, 1.54) is 5.56 Å². The molecule has 1 aliphatic heterocycles. The van der Waals surface area contributed by atoms with Gasteiger partial charge in [0.1, 0.15) is 5.75 Å². The van der Waals surface area contributed by atoms with Crippen LogP contribution in [0, 0.1) is 13.8 Å². The molecule has 0 aliphatic carbocycles. The first-order chi connectivity index (χ1) is 15.0. The van der Waals surface area contributed by atoms with Crippen LogP contribution in [0.25, 0.3) is 11.4 Å². The lowest BCUT2D eigenvalue weighted by molar-refractivity contribution is 0.0745. The largest absolute Gasteiger partial charge is 0.497 e. The highest BCUT2D eigenvalue weighted by molar-refractivity contribution is 6.30. The Morgan fingerprint density at radius 1 is 1.03 bits per heavy atom. The molecular formula is C24H25ClN4O2. The van der Waals surface area contributed by atoms with Crippen LogP contribution in [0.3, 0.4) is 0 Å². The number of ether oxygens (including phenoxy) is 1. The minimum Gasteiger partial charge on any atom is -0.497 e. The smallest absolute Gasteiger partial charge is 0.257 e. The normalized spacial score (nSPS) is 13.9. The van der Waals surface area contributed by atoms with Gasteiger partial charge in [0.2, 0.25) is 0 Å². The van der Waals surface area contributed by atoms with Crippen LogP contribution >= 0.6 is 11.6 Å². The summed E-state index contributed by atoms with van der Waals surface area (Å²) in [5.41, 5.74) is 4.42. The number of benzene rings is 2. The molecule has 1 saturated heterocycles. The van der Waals surface area contributed by atoms with Crippen LogP contribution < -0.4 is 9.64 Å². The van der Waals surface area contributed by atoms with Gasteiger partial charge in [0.05, 0.1) is 18.4 Å². The lowest BCUT2D eigenvalue weighted by Gasteiger charge is -2.37. The average molecular weight is 437 g/mol. The van der Waals surface area contributed by atoms with Gasteiger partial charge in [-0.15, -0.1) is 0 Å².